The zero-order valence-corrected chi connectivity index (χ0v) is 11.7. The lowest BCUT2D eigenvalue weighted by atomic mass is 10.2. The van der Waals surface area contributed by atoms with Crippen molar-refractivity contribution in [3.63, 3.8) is 0 Å². The highest BCUT2D eigenvalue weighted by molar-refractivity contribution is 7.98. The van der Waals surface area contributed by atoms with Gasteiger partial charge in [-0.25, -0.2) is 4.98 Å². The molecular weight excluding hydrogens is 256 g/mol. The fourth-order valence-corrected chi connectivity index (χ4v) is 2.52. The molecule has 0 saturated carbocycles. The monoisotopic (exact) mass is 274 g/mol. The van der Waals surface area contributed by atoms with E-state index in [9.17, 15) is 9.90 Å². The van der Waals surface area contributed by atoms with Crippen molar-refractivity contribution < 1.29 is 9.90 Å². The lowest BCUT2D eigenvalue weighted by Gasteiger charge is -2.09. The van der Waals surface area contributed by atoms with E-state index in [1.165, 1.54) is 0 Å². The Labute approximate surface area is 110 Å². The summed E-state index contributed by atoms with van der Waals surface area (Å²) in [6.07, 6.45) is 2.29. The van der Waals surface area contributed by atoms with E-state index in [0.717, 1.165) is 22.9 Å². The first kappa shape index (κ1) is 14.5. The van der Waals surface area contributed by atoms with Crippen LogP contribution in [0.5, 0.6) is 0 Å². The molecule has 0 spiro atoms. The van der Waals surface area contributed by atoms with Crippen molar-refractivity contribution >= 4 is 29.0 Å². The molecule has 1 aromatic rings. The first-order valence-electron chi connectivity index (χ1n) is 5.49. The number of aromatic nitrogens is 1. The van der Waals surface area contributed by atoms with Crippen molar-refractivity contribution in [3.8, 4) is 0 Å². The van der Waals surface area contributed by atoms with Crippen LogP contribution >= 0.6 is 23.1 Å². The third-order valence-electron chi connectivity index (χ3n) is 2.20. The van der Waals surface area contributed by atoms with Gasteiger partial charge in [0.25, 0.3) is 0 Å². The molecule has 0 bridgehead atoms. The summed E-state index contributed by atoms with van der Waals surface area (Å²) in [6, 6.07) is 0. The van der Waals surface area contributed by atoms with Crippen LogP contribution in [-0.2, 0) is 11.2 Å². The number of carbonyl (C=O) groups is 1. The number of nitrogens with one attached hydrogen (secondary N) is 1. The molecule has 0 saturated heterocycles. The Morgan fingerprint density at radius 2 is 2.47 bits per heavy atom. The lowest BCUT2D eigenvalue weighted by molar-refractivity contribution is -0.129. The van der Waals surface area contributed by atoms with E-state index in [1.54, 1.807) is 23.1 Å². The Kier molecular flexibility index (Phi) is 6.54. The van der Waals surface area contributed by atoms with E-state index in [0.29, 0.717) is 13.0 Å². The van der Waals surface area contributed by atoms with Crippen molar-refractivity contribution in [2.75, 3.05) is 18.6 Å². The number of amides is 1. The summed E-state index contributed by atoms with van der Waals surface area (Å²) in [4.78, 5) is 15.8. The van der Waals surface area contributed by atoms with Crippen molar-refractivity contribution in [1.29, 1.82) is 0 Å². The van der Waals surface area contributed by atoms with Crippen LogP contribution in [0.3, 0.4) is 0 Å². The highest BCUT2D eigenvalue weighted by Gasteiger charge is 2.13. The fourth-order valence-electron chi connectivity index (χ4n) is 1.29. The van der Waals surface area contributed by atoms with Gasteiger partial charge in [0.2, 0.25) is 5.91 Å². The summed E-state index contributed by atoms with van der Waals surface area (Å²) < 4.78 is 0. The second kappa shape index (κ2) is 7.68. The average Bonchev–Trinajstić information content (AvgIpc) is 2.71. The second-order valence-electron chi connectivity index (χ2n) is 3.72. The van der Waals surface area contributed by atoms with Crippen molar-refractivity contribution in [1.82, 2.24) is 10.3 Å². The van der Waals surface area contributed by atoms with Gasteiger partial charge in [0.15, 0.2) is 0 Å². The number of aliphatic hydroxyl groups excluding tert-OH is 1. The number of hydrogen-bond donors (Lipinski definition) is 2. The van der Waals surface area contributed by atoms with Crippen molar-refractivity contribution in [2.24, 2.45) is 0 Å². The smallest absolute Gasteiger partial charge is 0.248 e. The SMILES string of the molecule is CSCC[C@H](O)C(=O)NCCc1nc(C)cs1. The maximum absolute atomic E-state index is 11.5. The van der Waals surface area contributed by atoms with Gasteiger partial charge in [0.05, 0.1) is 5.01 Å². The first-order chi connectivity index (χ1) is 8.13. The van der Waals surface area contributed by atoms with Crippen LogP contribution in [0, 0.1) is 6.92 Å². The van der Waals surface area contributed by atoms with Crippen LogP contribution in [0.15, 0.2) is 5.38 Å². The minimum absolute atomic E-state index is 0.285. The van der Waals surface area contributed by atoms with Crippen LogP contribution in [0.1, 0.15) is 17.1 Å². The molecule has 0 aliphatic rings. The van der Waals surface area contributed by atoms with E-state index in [-0.39, 0.29) is 5.91 Å². The molecule has 0 aliphatic carbocycles. The maximum Gasteiger partial charge on any atom is 0.248 e. The topological polar surface area (TPSA) is 62.2 Å². The van der Waals surface area contributed by atoms with Gasteiger partial charge < -0.3 is 10.4 Å². The molecule has 4 nitrogen and oxygen atoms in total. The van der Waals surface area contributed by atoms with Crippen LogP contribution in [0.4, 0.5) is 0 Å². The standard InChI is InChI=1S/C11H18N2O2S2/c1-8-7-17-10(13-8)3-5-12-11(15)9(14)4-6-16-2/h7,9,14H,3-6H2,1-2H3,(H,12,15)/t9-/m0/s1. The van der Waals surface area contributed by atoms with E-state index in [1.807, 2.05) is 18.6 Å². The Hall–Kier alpha value is -0.590. The number of hydrogen-bond acceptors (Lipinski definition) is 5. The third kappa shape index (κ3) is 5.52. The predicted molar refractivity (Wildman–Crippen MR) is 72.6 cm³/mol. The summed E-state index contributed by atoms with van der Waals surface area (Å²) in [7, 11) is 0. The van der Waals surface area contributed by atoms with E-state index < -0.39 is 6.10 Å². The Morgan fingerprint density at radius 3 is 3.06 bits per heavy atom. The highest BCUT2D eigenvalue weighted by atomic mass is 32.2. The molecule has 0 aromatic carbocycles. The normalized spacial score (nSPS) is 12.4. The van der Waals surface area contributed by atoms with Gasteiger partial charge in [0, 0.05) is 24.0 Å². The van der Waals surface area contributed by atoms with Gasteiger partial charge in [-0.15, -0.1) is 11.3 Å². The minimum atomic E-state index is -0.888. The molecule has 0 aliphatic heterocycles. The number of thioether (sulfide) groups is 1. The quantitative estimate of drug-likeness (QED) is 0.785. The largest absolute Gasteiger partial charge is 0.383 e. The van der Waals surface area contributed by atoms with Gasteiger partial charge in [0.1, 0.15) is 6.10 Å². The molecule has 1 amide bonds. The molecule has 1 heterocycles. The summed E-state index contributed by atoms with van der Waals surface area (Å²) in [5.74, 6) is 0.507. The van der Waals surface area contributed by atoms with Crippen LogP contribution in [0.2, 0.25) is 0 Å². The molecule has 0 unspecified atom stereocenters. The van der Waals surface area contributed by atoms with E-state index in [4.69, 9.17) is 0 Å². The zero-order valence-electron chi connectivity index (χ0n) is 10.1. The molecule has 0 radical (unpaired) electrons. The zero-order chi connectivity index (χ0) is 12.7. The Bertz CT molecular complexity index is 355. The number of thiazole rings is 1. The number of aliphatic hydroxyl groups is 1. The second-order valence-corrected chi connectivity index (χ2v) is 5.65. The van der Waals surface area contributed by atoms with Crippen LogP contribution in [-0.4, -0.2) is 40.7 Å². The molecule has 1 aromatic heterocycles. The molecule has 17 heavy (non-hydrogen) atoms. The number of carbonyl (C=O) groups excluding carboxylic acids is 1. The summed E-state index contributed by atoms with van der Waals surface area (Å²) in [5.41, 5.74) is 1.01. The highest BCUT2D eigenvalue weighted by Crippen LogP contribution is 2.08. The summed E-state index contributed by atoms with van der Waals surface area (Å²) in [5, 5.41) is 15.2. The fraction of sp³-hybridized carbons (Fsp3) is 0.636. The third-order valence-corrected chi connectivity index (χ3v) is 3.87. The number of rotatable bonds is 7. The predicted octanol–water partition coefficient (Wildman–Crippen LogP) is 1.22. The summed E-state index contributed by atoms with van der Waals surface area (Å²) in [6.45, 7) is 2.48. The Morgan fingerprint density at radius 1 is 1.71 bits per heavy atom. The average molecular weight is 274 g/mol. The van der Waals surface area contributed by atoms with Gasteiger partial charge in [-0.05, 0) is 25.4 Å². The van der Waals surface area contributed by atoms with Gasteiger partial charge >= 0.3 is 0 Å². The number of nitrogens with zero attached hydrogens (tertiary/aromatic N) is 1. The molecule has 0 fully saturated rings. The molecule has 96 valence electrons. The molecule has 1 rings (SSSR count). The molecule has 1 atom stereocenters. The van der Waals surface area contributed by atoms with Gasteiger partial charge in [-0.3, -0.25) is 4.79 Å². The molecular formula is C11H18N2O2S2. The van der Waals surface area contributed by atoms with E-state index in [2.05, 4.69) is 10.3 Å². The van der Waals surface area contributed by atoms with Crippen molar-refractivity contribution in [3.05, 3.63) is 16.1 Å². The van der Waals surface area contributed by atoms with Crippen LogP contribution in [0.25, 0.3) is 0 Å². The molecule has 6 heteroatoms. The maximum atomic E-state index is 11.5. The minimum Gasteiger partial charge on any atom is -0.383 e. The summed E-state index contributed by atoms with van der Waals surface area (Å²) >= 11 is 3.22. The Balaban J connectivity index is 2.19. The van der Waals surface area contributed by atoms with E-state index >= 15 is 0 Å². The first-order valence-corrected chi connectivity index (χ1v) is 7.76. The molecule has 2 N–H and O–H groups in total. The van der Waals surface area contributed by atoms with Gasteiger partial charge in [-0.2, -0.15) is 11.8 Å². The lowest BCUT2D eigenvalue weighted by Crippen LogP contribution is -2.36. The van der Waals surface area contributed by atoms with Crippen LogP contribution < -0.4 is 5.32 Å². The van der Waals surface area contributed by atoms with Crippen molar-refractivity contribution in [2.45, 2.75) is 25.9 Å². The van der Waals surface area contributed by atoms with Gasteiger partial charge in [-0.1, -0.05) is 0 Å². The number of aryl methyl sites for hydroxylation is 1.